The summed E-state index contributed by atoms with van der Waals surface area (Å²) in [5.41, 5.74) is 0.304. The van der Waals surface area contributed by atoms with Crippen molar-refractivity contribution in [2.75, 3.05) is 38.2 Å². The summed E-state index contributed by atoms with van der Waals surface area (Å²) in [6.45, 7) is 7.50. The second-order valence-electron chi connectivity index (χ2n) is 7.48. The lowest BCUT2D eigenvalue weighted by Crippen LogP contribution is -2.40. The highest BCUT2D eigenvalue weighted by Gasteiger charge is 2.27. The lowest BCUT2D eigenvalue weighted by molar-refractivity contribution is -0.119. The lowest BCUT2D eigenvalue weighted by atomic mass is 10.1. The van der Waals surface area contributed by atoms with E-state index < -0.39 is 10.0 Å². The Kier molecular flexibility index (Phi) is 8.11. The van der Waals surface area contributed by atoms with Crippen molar-refractivity contribution in [3.05, 3.63) is 42.5 Å². The molecule has 1 saturated heterocycles. The lowest BCUT2D eigenvalue weighted by Gasteiger charge is -2.26. The second kappa shape index (κ2) is 10.8. The Balaban J connectivity index is 1.92. The summed E-state index contributed by atoms with van der Waals surface area (Å²) in [4.78, 5) is 12.7. The number of rotatable bonds is 9. The Hall–Kier alpha value is -2.62. The number of nitrogens with one attached hydrogen (secondary N) is 1. The summed E-state index contributed by atoms with van der Waals surface area (Å²) in [6, 6.07) is 11.6. The highest BCUT2D eigenvalue weighted by atomic mass is 32.2. The number of ether oxygens (including phenoxy) is 3. The van der Waals surface area contributed by atoms with E-state index >= 15 is 0 Å². The smallest absolute Gasteiger partial charge is 0.243 e. The number of morpholine rings is 1. The number of benzene rings is 2. The van der Waals surface area contributed by atoms with Crippen LogP contribution in [0.25, 0.3) is 0 Å². The van der Waals surface area contributed by atoms with Crippen molar-refractivity contribution < 1.29 is 27.4 Å². The maximum absolute atomic E-state index is 13.1. The van der Waals surface area contributed by atoms with E-state index in [1.165, 1.54) is 16.4 Å². The zero-order valence-electron chi connectivity index (χ0n) is 18.7. The van der Waals surface area contributed by atoms with E-state index in [0.717, 1.165) is 5.75 Å². The van der Waals surface area contributed by atoms with Gasteiger partial charge in [-0.15, -0.1) is 0 Å². The molecular weight excluding hydrogens is 432 g/mol. The normalized spacial score (nSPS) is 15.7. The molecule has 2 aromatic rings. The van der Waals surface area contributed by atoms with E-state index in [1.807, 2.05) is 20.8 Å². The van der Waals surface area contributed by atoms with Gasteiger partial charge in [0.2, 0.25) is 15.9 Å². The summed E-state index contributed by atoms with van der Waals surface area (Å²) in [6.07, 6.45) is 0.659. The molecule has 8 nitrogen and oxygen atoms in total. The second-order valence-corrected chi connectivity index (χ2v) is 9.42. The molecule has 32 heavy (non-hydrogen) atoms. The van der Waals surface area contributed by atoms with Crippen LogP contribution in [0.4, 0.5) is 5.69 Å². The molecule has 174 valence electrons. The number of hydrogen-bond acceptors (Lipinski definition) is 6. The van der Waals surface area contributed by atoms with E-state index in [4.69, 9.17) is 14.2 Å². The predicted octanol–water partition coefficient (Wildman–Crippen LogP) is 3.88. The third-order valence-corrected chi connectivity index (χ3v) is 7.13. The van der Waals surface area contributed by atoms with Gasteiger partial charge in [0.05, 0.1) is 30.4 Å². The van der Waals surface area contributed by atoms with Crippen molar-refractivity contribution in [3.8, 4) is 17.2 Å². The van der Waals surface area contributed by atoms with E-state index in [-0.39, 0.29) is 16.7 Å². The van der Waals surface area contributed by atoms with Crippen molar-refractivity contribution >= 4 is 21.6 Å². The third kappa shape index (κ3) is 5.79. The van der Waals surface area contributed by atoms with Crippen molar-refractivity contribution in [2.24, 2.45) is 5.92 Å². The average Bonchev–Trinajstić information content (AvgIpc) is 2.81. The van der Waals surface area contributed by atoms with Gasteiger partial charge in [-0.1, -0.05) is 13.8 Å². The highest BCUT2D eigenvalue weighted by Crippen LogP contribution is 2.34. The average molecular weight is 463 g/mol. The SMILES string of the molecule is CCOc1ccc(Oc2ccc(S(=O)(=O)N3CCOCC3)cc2NC(=O)[C@@H](C)CC)cc1. The van der Waals surface area contributed by atoms with Crippen LogP contribution in [0.5, 0.6) is 17.2 Å². The third-order valence-electron chi connectivity index (χ3n) is 5.24. The summed E-state index contributed by atoms with van der Waals surface area (Å²) >= 11 is 0. The fourth-order valence-electron chi connectivity index (χ4n) is 3.13. The Morgan fingerprint density at radius 2 is 1.75 bits per heavy atom. The molecule has 0 radical (unpaired) electrons. The number of nitrogens with zero attached hydrogens (tertiary/aromatic N) is 1. The maximum atomic E-state index is 13.1. The Morgan fingerprint density at radius 3 is 2.38 bits per heavy atom. The molecule has 1 N–H and O–H groups in total. The Labute approximate surface area is 189 Å². The minimum Gasteiger partial charge on any atom is -0.494 e. The summed E-state index contributed by atoms with van der Waals surface area (Å²) in [5.74, 6) is 1.18. The van der Waals surface area contributed by atoms with Crippen LogP contribution in [-0.4, -0.2) is 51.5 Å². The Morgan fingerprint density at radius 1 is 1.09 bits per heavy atom. The van der Waals surface area contributed by atoms with E-state index in [1.54, 1.807) is 30.3 Å². The van der Waals surface area contributed by atoms with Gasteiger partial charge in [-0.2, -0.15) is 4.31 Å². The first-order valence-corrected chi connectivity index (χ1v) is 12.2. The van der Waals surface area contributed by atoms with Gasteiger partial charge in [-0.25, -0.2) is 8.42 Å². The zero-order valence-corrected chi connectivity index (χ0v) is 19.5. The summed E-state index contributed by atoms with van der Waals surface area (Å²) < 4.78 is 44.2. The predicted molar refractivity (Wildman–Crippen MR) is 122 cm³/mol. The van der Waals surface area contributed by atoms with Gasteiger partial charge in [0.25, 0.3) is 0 Å². The topological polar surface area (TPSA) is 94.2 Å². The van der Waals surface area contributed by atoms with Crippen LogP contribution in [0.15, 0.2) is 47.4 Å². The molecule has 0 spiro atoms. The largest absolute Gasteiger partial charge is 0.494 e. The molecule has 0 saturated carbocycles. The minimum absolute atomic E-state index is 0.0953. The van der Waals surface area contributed by atoms with Gasteiger partial charge < -0.3 is 19.5 Å². The molecule has 1 amide bonds. The number of hydrogen-bond donors (Lipinski definition) is 1. The van der Waals surface area contributed by atoms with Crippen LogP contribution in [0.2, 0.25) is 0 Å². The number of carbonyl (C=O) groups is 1. The van der Waals surface area contributed by atoms with Crippen LogP contribution >= 0.6 is 0 Å². The molecule has 2 aromatic carbocycles. The number of carbonyl (C=O) groups excluding carboxylic acids is 1. The van der Waals surface area contributed by atoms with Crippen LogP contribution in [0, 0.1) is 5.92 Å². The Bertz CT molecular complexity index is 1020. The highest BCUT2D eigenvalue weighted by molar-refractivity contribution is 7.89. The van der Waals surface area contributed by atoms with Gasteiger partial charge >= 0.3 is 0 Å². The molecule has 9 heteroatoms. The maximum Gasteiger partial charge on any atom is 0.243 e. The quantitative estimate of drug-likeness (QED) is 0.608. The molecule has 1 aliphatic heterocycles. The summed E-state index contributed by atoms with van der Waals surface area (Å²) in [5, 5.41) is 2.83. The summed E-state index contributed by atoms with van der Waals surface area (Å²) in [7, 11) is -3.72. The van der Waals surface area contributed by atoms with Crippen LogP contribution in [-0.2, 0) is 19.6 Å². The van der Waals surface area contributed by atoms with Crippen molar-refractivity contribution in [1.82, 2.24) is 4.31 Å². The van der Waals surface area contributed by atoms with Gasteiger partial charge in [0.1, 0.15) is 11.5 Å². The monoisotopic (exact) mass is 462 g/mol. The number of anilines is 1. The van der Waals surface area contributed by atoms with Crippen molar-refractivity contribution in [1.29, 1.82) is 0 Å². The molecule has 1 heterocycles. The van der Waals surface area contributed by atoms with Crippen molar-refractivity contribution in [3.63, 3.8) is 0 Å². The van der Waals surface area contributed by atoms with Crippen LogP contribution < -0.4 is 14.8 Å². The molecular formula is C23H30N2O6S. The van der Waals surface area contributed by atoms with E-state index in [0.29, 0.717) is 56.5 Å². The van der Waals surface area contributed by atoms with Gasteiger partial charge in [0, 0.05) is 19.0 Å². The van der Waals surface area contributed by atoms with E-state index in [2.05, 4.69) is 5.32 Å². The fourth-order valence-corrected chi connectivity index (χ4v) is 4.57. The standard InChI is InChI=1S/C23H30N2O6S/c1-4-17(3)23(26)24-21-16-20(32(27,28)25-12-14-29-15-13-25)10-11-22(21)31-19-8-6-18(7-9-19)30-5-2/h6-11,16-17H,4-5,12-15H2,1-3H3,(H,24,26)/t17-/m0/s1. The zero-order chi connectivity index (χ0) is 23.1. The molecule has 0 aliphatic carbocycles. The van der Waals surface area contributed by atoms with Gasteiger partial charge in [-0.05, 0) is 55.8 Å². The first-order chi connectivity index (χ1) is 15.3. The van der Waals surface area contributed by atoms with Crippen LogP contribution in [0.1, 0.15) is 27.2 Å². The number of amides is 1. The van der Waals surface area contributed by atoms with Gasteiger partial charge in [-0.3, -0.25) is 4.79 Å². The van der Waals surface area contributed by atoms with Crippen LogP contribution in [0.3, 0.4) is 0 Å². The number of sulfonamides is 1. The minimum atomic E-state index is -3.72. The molecule has 3 rings (SSSR count). The molecule has 1 aliphatic rings. The first-order valence-electron chi connectivity index (χ1n) is 10.8. The molecule has 0 unspecified atom stereocenters. The first kappa shape index (κ1) is 24.0. The van der Waals surface area contributed by atoms with Crippen molar-refractivity contribution in [2.45, 2.75) is 32.1 Å². The van der Waals surface area contributed by atoms with E-state index in [9.17, 15) is 13.2 Å². The molecule has 0 aromatic heterocycles. The van der Waals surface area contributed by atoms with Gasteiger partial charge in [0.15, 0.2) is 5.75 Å². The molecule has 1 atom stereocenters. The molecule has 0 bridgehead atoms. The molecule has 1 fully saturated rings. The fraction of sp³-hybridized carbons (Fsp3) is 0.435.